The van der Waals surface area contributed by atoms with Crippen LogP contribution in [0.15, 0.2) is 5.11 Å². The molecule has 0 amide bonds. The summed E-state index contributed by atoms with van der Waals surface area (Å²) in [6, 6.07) is -1.17. The Morgan fingerprint density at radius 2 is 1.95 bits per heavy atom. The molecule has 0 aliphatic carbocycles. The van der Waals surface area contributed by atoms with Crippen LogP contribution < -0.4 is 0 Å². The zero-order valence-corrected chi connectivity index (χ0v) is 13.3. The van der Waals surface area contributed by atoms with Crippen molar-refractivity contribution in [1.82, 2.24) is 0 Å². The largest absolute Gasteiger partial charge is 0.463 e. The Morgan fingerprint density at radius 3 is 2.50 bits per heavy atom. The van der Waals surface area contributed by atoms with Gasteiger partial charge >= 0.3 is 5.97 Å². The van der Waals surface area contributed by atoms with Crippen molar-refractivity contribution in [3.63, 3.8) is 0 Å². The van der Waals surface area contributed by atoms with Crippen LogP contribution in [0.4, 0.5) is 0 Å². The molecule has 0 radical (unpaired) electrons. The normalized spacial score (nSPS) is 34.1. The second kappa shape index (κ2) is 6.39. The van der Waals surface area contributed by atoms with Crippen molar-refractivity contribution in [3.8, 4) is 0 Å². The maximum absolute atomic E-state index is 12.2. The van der Waals surface area contributed by atoms with E-state index in [0.29, 0.717) is 0 Å². The van der Waals surface area contributed by atoms with E-state index in [-0.39, 0.29) is 6.10 Å². The number of methoxy groups -OCH3 is 1. The van der Waals surface area contributed by atoms with Crippen LogP contribution in [0.5, 0.6) is 0 Å². The molecule has 0 saturated carbocycles. The maximum Gasteiger partial charge on any atom is 0.317 e. The van der Waals surface area contributed by atoms with Crippen LogP contribution in [-0.4, -0.2) is 55.6 Å². The number of azide groups is 1. The van der Waals surface area contributed by atoms with Crippen molar-refractivity contribution in [2.45, 2.75) is 70.2 Å². The molecule has 5 atom stereocenters. The fourth-order valence-electron chi connectivity index (χ4n) is 2.64. The number of ether oxygens (including phenoxy) is 5. The first-order chi connectivity index (χ1) is 10.3. The summed E-state index contributed by atoms with van der Waals surface area (Å²) in [5.74, 6) is -1.50. The maximum atomic E-state index is 12.2. The van der Waals surface area contributed by atoms with Crippen LogP contribution >= 0.6 is 0 Å². The quantitative estimate of drug-likeness (QED) is 0.329. The van der Waals surface area contributed by atoms with Crippen molar-refractivity contribution in [2.24, 2.45) is 5.11 Å². The summed E-state index contributed by atoms with van der Waals surface area (Å²) in [6.07, 6.45) is -2.97. The summed E-state index contributed by atoms with van der Waals surface area (Å²) >= 11 is 0. The number of fused-ring (bicyclic) bond motifs is 1. The summed E-state index contributed by atoms with van der Waals surface area (Å²) in [4.78, 5) is 14.9. The molecule has 9 heteroatoms. The Bertz CT molecular complexity index is 476. The number of hydrogen-bond donors (Lipinski definition) is 0. The lowest BCUT2D eigenvalue weighted by Crippen LogP contribution is -2.43. The van der Waals surface area contributed by atoms with Crippen LogP contribution in [-0.2, 0) is 28.5 Å². The number of carbonyl (C=O) groups excluding carboxylic acids is 1. The van der Waals surface area contributed by atoms with Gasteiger partial charge < -0.3 is 23.7 Å². The first-order valence-electron chi connectivity index (χ1n) is 7.07. The highest BCUT2D eigenvalue weighted by atomic mass is 16.8. The minimum atomic E-state index is -1.17. The van der Waals surface area contributed by atoms with E-state index in [9.17, 15) is 4.79 Å². The summed E-state index contributed by atoms with van der Waals surface area (Å²) in [6.45, 7) is 6.92. The number of hydrogen-bond acceptors (Lipinski definition) is 7. The van der Waals surface area contributed by atoms with Gasteiger partial charge in [0, 0.05) is 12.0 Å². The number of rotatable bonds is 5. The van der Waals surface area contributed by atoms with Crippen molar-refractivity contribution in [3.05, 3.63) is 10.4 Å². The summed E-state index contributed by atoms with van der Waals surface area (Å²) in [5, 5.41) is 3.53. The first kappa shape index (κ1) is 17.0. The molecule has 9 nitrogen and oxygen atoms in total. The van der Waals surface area contributed by atoms with Gasteiger partial charge in [0.25, 0.3) is 0 Å². The third kappa shape index (κ3) is 3.34. The number of esters is 1. The Labute approximate surface area is 128 Å². The smallest absolute Gasteiger partial charge is 0.317 e. The second-order valence-corrected chi connectivity index (χ2v) is 5.90. The van der Waals surface area contributed by atoms with Gasteiger partial charge in [-0.15, -0.1) is 0 Å². The van der Waals surface area contributed by atoms with E-state index >= 15 is 0 Å². The molecular weight excluding hydrogens is 294 g/mol. The lowest BCUT2D eigenvalue weighted by atomic mass is 10.0. The topological polar surface area (TPSA) is 112 Å². The molecule has 2 aliphatic heterocycles. The van der Waals surface area contributed by atoms with Crippen molar-refractivity contribution in [2.75, 3.05) is 7.11 Å². The van der Waals surface area contributed by atoms with E-state index in [1.54, 1.807) is 27.7 Å². The molecular formula is C13H21N3O6. The van der Waals surface area contributed by atoms with Crippen molar-refractivity contribution < 1.29 is 28.5 Å². The summed E-state index contributed by atoms with van der Waals surface area (Å²) < 4.78 is 27.5. The fraction of sp³-hybridized carbons (Fsp3) is 0.923. The molecule has 0 aromatic heterocycles. The molecule has 2 saturated heterocycles. The summed E-state index contributed by atoms with van der Waals surface area (Å²) in [5.41, 5.74) is 8.74. The average Bonchev–Trinajstić information content (AvgIpc) is 2.88. The molecule has 0 spiro atoms. The lowest BCUT2D eigenvalue weighted by molar-refractivity contribution is -0.230. The van der Waals surface area contributed by atoms with Gasteiger partial charge in [0.1, 0.15) is 18.3 Å². The predicted molar refractivity (Wildman–Crippen MR) is 73.7 cm³/mol. The number of carbonyl (C=O) groups is 1. The number of nitrogens with zero attached hydrogens (tertiary/aromatic N) is 3. The fourth-order valence-corrected chi connectivity index (χ4v) is 2.64. The van der Waals surface area contributed by atoms with Crippen LogP contribution in [0.2, 0.25) is 0 Å². The van der Waals surface area contributed by atoms with Gasteiger partial charge in [-0.1, -0.05) is 5.11 Å². The van der Waals surface area contributed by atoms with Crippen LogP contribution in [0, 0.1) is 0 Å². The van der Waals surface area contributed by atoms with Gasteiger partial charge in [0.15, 0.2) is 18.1 Å². The van der Waals surface area contributed by atoms with E-state index in [4.69, 9.17) is 29.2 Å². The van der Waals surface area contributed by atoms with Gasteiger partial charge in [-0.05, 0) is 33.2 Å². The van der Waals surface area contributed by atoms with E-state index in [2.05, 4.69) is 10.0 Å². The van der Waals surface area contributed by atoms with Crippen molar-refractivity contribution >= 4 is 5.97 Å². The molecule has 2 rings (SSSR count). The molecule has 2 aliphatic rings. The zero-order chi connectivity index (χ0) is 16.5. The van der Waals surface area contributed by atoms with Gasteiger partial charge in [-0.25, -0.2) is 0 Å². The molecule has 2 heterocycles. The standard InChI is InChI=1S/C13H21N3O6/c1-6(2)19-11(17)7(15-16-14)8-9-10(12(18-5)20-8)22-13(3,4)21-9/h6-10,12H,1-5H3/t7-,8+,9+,10+,12+/m0/s1. The van der Waals surface area contributed by atoms with Gasteiger partial charge in [0.05, 0.1) is 6.10 Å². The molecule has 0 aromatic rings. The van der Waals surface area contributed by atoms with E-state index in [1.807, 2.05) is 0 Å². The average molecular weight is 315 g/mol. The Hall–Kier alpha value is -1.38. The highest BCUT2D eigenvalue weighted by Crippen LogP contribution is 2.40. The van der Waals surface area contributed by atoms with E-state index < -0.39 is 42.4 Å². The minimum absolute atomic E-state index is 0.337. The summed E-state index contributed by atoms with van der Waals surface area (Å²) in [7, 11) is 1.47. The predicted octanol–water partition coefficient (Wildman–Crippen LogP) is 1.51. The van der Waals surface area contributed by atoms with Crippen molar-refractivity contribution in [1.29, 1.82) is 0 Å². The van der Waals surface area contributed by atoms with Crippen LogP contribution in [0.3, 0.4) is 0 Å². The SMILES string of the molecule is CO[C@@H]1O[C@H]([C@H](N=[N+]=[N-])C(=O)OC(C)C)[C@H]2OC(C)(C)O[C@@H]12. The van der Waals surface area contributed by atoms with E-state index in [1.165, 1.54) is 7.11 Å². The molecule has 22 heavy (non-hydrogen) atoms. The monoisotopic (exact) mass is 315 g/mol. The Morgan fingerprint density at radius 1 is 1.32 bits per heavy atom. The molecule has 0 aromatic carbocycles. The molecule has 2 fully saturated rings. The van der Waals surface area contributed by atoms with Crippen LogP contribution in [0.25, 0.3) is 10.4 Å². The first-order valence-corrected chi connectivity index (χ1v) is 7.07. The molecule has 0 bridgehead atoms. The van der Waals surface area contributed by atoms with Gasteiger partial charge in [0.2, 0.25) is 0 Å². The Balaban J connectivity index is 2.24. The zero-order valence-electron chi connectivity index (χ0n) is 13.3. The molecule has 0 unspecified atom stereocenters. The third-order valence-electron chi connectivity index (χ3n) is 3.36. The van der Waals surface area contributed by atoms with Gasteiger partial charge in [-0.3, -0.25) is 4.79 Å². The lowest BCUT2D eigenvalue weighted by Gasteiger charge is -2.26. The molecule has 124 valence electrons. The minimum Gasteiger partial charge on any atom is -0.463 e. The van der Waals surface area contributed by atoms with Gasteiger partial charge in [-0.2, -0.15) is 0 Å². The molecule has 0 N–H and O–H groups in total. The third-order valence-corrected chi connectivity index (χ3v) is 3.36. The highest BCUT2D eigenvalue weighted by molar-refractivity contribution is 5.77. The highest BCUT2D eigenvalue weighted by Gasteiger charge is 2.58. The second-order valence-electron chi connectivity index (χ2n) is 5.90. The van der Waals surface area contributed by atoms with E-state index in [0.717, 1.165) is 0 Å². The Kier molecular flexibility index (Phi) is 4.93. The van der Waals surface area contributed by atoms with Crippen LogP contribution in [0.1, 0.15) is 27.7 Å².